The topological polar surface area (TPSA) is 107 Å². The second-order valence-corrected chi connectivity index (χ2v) is 6.51. The van der Waals surface area contributed by atoms with Crippen molar-refractivity contribution in [2.45, 2.75) is 0 Å². The standard InChI is InChI=1S/C21H19N5O3/c22-14-16(12-15-6-7-18(27)19(28)13-15)20-23-24-21(25-8-10-29-11-9-25)26(20)17-4-2-1-3-5-17/h1-7,12-13,27-28H,8-11H2/b16-12+. The fourth-order valence-corrected chi connectivity index (χ4v) is 3.18. The molecule has 0 amide bonds. The van der Waals surface area contributed by atoms with Gasteiger partial charge in [0.1, 0.15) is 6.07 Å². The summed E-state index contributed by atoms with van der Waals surface area (Å²) in [7, 11) is 0. The van der Waals surface area contributed by atoms with Crippen molar-refractivity contribution in [2.75, 3.05) is 31.2 Å². The highest BCUT2D eigenvalue weighted by molar-refractivity contribution is 5.88. The van der Waals surface area contributed by atoms with Crippen molar-refractivity contribution in [3.05, 3.63) is 59.9 Å². The average molecular weight is 389 g/mol. The Bertz CT molecular complexity index is 1080. The van der Waals surface area contributed by atoms with Crippen LogP contribution in [0.15, 0.2) is 48.5 Å². The summed E-state index contributed by atoms with van der Waals surface area (Å²) < 4.78 is 7.28. The van der Waals surface area contributed by atoms with Crippen LogP contribution in [-0.4, -0.2) is 51.3 Å². The molecule has 2 N–H and O–H groups in total. The quantitative estimate of drug-likeness (QED) is 0.522. The van der Waals surface area contributed by atoms with Crippen molar-refractivity contribution >= 4 is 17.6 Å². The monoisotopic (exact) mass is 389 g/mol. The molecule has 8 nitrogen and oxygen atoms in total. The number of ether oxygens (including phenoxy) is 1. The second kappa shape index (κ2) is 8.04. The van der Waals surface area contributed by atoms with Gasteiger partial charge in [0.2, 0.25) is 5.95 Å². The number of anilines is 1. The number of allylic oxidation sites excluding steroid dienone is 1. The van der Waals surface area contributed by atoms with E-state index >= 15 is 0 Å². The molecule has 4 rings (SSSR count). The first-order valence-corrected chi connectivity index (χ1v) is 9.15. The van der Waals surface area contributed by atoms with Gasteiger partial charge in [-0.05, 0) is 35.9 Å². The highest BCUT2D eigenvalue weighted by Crippen LogP contribution is 2.29. The van der Waals surface area contributed by atoms with Gasteiger partial charge in [0.25, 0.3) is 0 Å². The number of hydrogen-bond donors (Lipinski definition) is 2. The van der Waals surface area contributed by atoms with Crippen LogP contribution in [0.5, 0.6) is 11.5 Å². The molecule has 0 aliphatic carbocycles. The first kappa shape index (κ1) is 18.5. The van der Waals surface area contributed by atoms with Gasteiger partial charge in [-0.2, -0.15) is 5.26 Å². The molecule has 29 heavy (non-hydrogen) atoms. The molecule has 146 valence electrons. The minimum Gasteiger partial charge on any atom is -0.504 e. The van der Waals surface area contributed by atoms with Gasteiger partial charge in [0.05, 0.1) is 24.5 Å². The summed E-state index contributed by atoms with van der Waals surface area (Å²) in [6.45, 7) is 2.57. The Morgan fingerprint density at radius 2 is 1.79 bits per heavy atom. The van der Waals surface area contributed by atoms with Crippen LogP contribution in [0.3, 0.4) is 0 Å². The van der Waals surface area contributed by atoms with Crippen molar-refractivity contribution in [1.82, 2.24) is 14.8 Å². The predicted octanol–water partition coefficient (Wildman–Crippen LogP) is 2.58. The smallest absolute Gasteiger partial charge is 0.232 e. The van der Waals surface area contributed by atoms with Crippen LogP contribution in [0.4, 0.5) is 5.95 Å². The van der Waals surface area contributed by atoms with Crippen LogP contribution >= 0.6 is 0 Å². The lowest BCUT2D eigenvalue weighted by Crippen LogP contribution is -2.38. The van der Waals surface area contributed by atoms with Crippen LogP contribution in [0.25, 0.3) is 17.3 Å². The van der Waals surface area contributed by atoms with Gasteiger partial charge in [-0.25, -0.2) is 0 Å². The summed E-state index contributed by atoms with van der Waals surface area (Å²) in [4.78, 5) is 2.08. The van der Waals surface area contributed by atoms with Crippen molar-refractivity contribution < 1.29 is 14.9 Å². The molecule has 0 saturated carbocycles. The first-order chi connectivity index (χ1) is 14.2. The maximum Gasteiger partial charge on any atom is 0.232 e. The van der Waals surface area contributed by atoms with Crippen LogP contribution in [-0.2, 0) is 4.74 Å². The summed E-state index contributed by atoms with van der Waals surface area (Å²) >= 11 is 0. The minimum absolute atomic E-state index is 0.220. The molecule has 1 aliphatic heterocycles. The Labute approximate surface area is 167 Å². The van der Waals surface area contributed by atoms with Gasteiger partial charge in [-0.3, -0.25) is 4.57 Å². The van der Waals surface area contributed by atoms with Gasteiger partial charge < -0.3 is 19.8 Å². The van der Waals surface area contributed by atoms with Gasteiger partial charge in [-0.1, -0.05) is 24.3 Å². The number of aromatic nitrogens is 3. The zero-order valence-corrected chi connectivity index (χ0v) is 15.6. The highest BCUT2D eigenvalue weighted by atomic mass is 16.5. The molecule has 1 saturated heterocycles. The fourth-order valence-electron chi connectivity index (χ4n) is 3.18. The largest absolute Gasteiger partial charge is 0.504 e. The van der Waals surface area contributed by atoms with E-state index in [1.54, 1.807) is 12.1 Å². The van der Waals surface area contributed by atoms with Crippen LogP contribution in [0, 0.1) is 11.3 Å². The van der Waals surface area contributed by atoms with E-state index in [9.17, 15) is 15.5 Å². The van der Waals surface area contributed by atoms with Crippen molar-refractivity contribution in [3.8, 4) is 23.3 Å². The minimum atomic E-state index is -0.255. The lowest BCUT2D eigenvalue weighted by Gasteiger charge is -2.28. The highest BCUT2D eigenvalue weighted by Gasteiger charge is 2.23. The van der Waals surface area contributed by atoms with Crippen molar-refractivity contribution in [3.63, 3.8) is 0 Å². The molecule has 0 unspecified atom stereocenters. The fraction of sp³-hybridized carbons (Fsp3) is 0.190. The third kappa shape index (κ3) is 3.77. The zero-order valence-electron chi connectivity index (χ0n) is 15.6. The number of nitriles is 1. The summed E-state index contributed by atoms with van der Waals surface area (Å²) in [5, 5.41) is 37.7. The second-order valence-electron chi connectivity index (χ2n) is 6.51. The number of aromatic hydroxyl groups is 2. The number of rotatable bonds is 4. The van der Waals surface area contributed by atoms with E-state index in [-0.39, 0.29) is 17.1 Å². The predicted molar refractivity (Wildman–Crippen MR) is 108 cm³/mol. The normalized spacial score (nSPS) is 14.6. The molecule has 3 aromatic rings. The SMILES string of the molecule is N#C/C(=C\c1ccc(O)c(O)c1)c1nnc(N2CCOCC2)n1-c1ccccc1. The summed E-state index contributed by atoms with van der Waals surface area (Å²) in [6.07, 6.45) is 1.60. The number of phenols is 2. The van der Waals surface area contributed by atoms with E-state index < -0.39 is 0 Å². The van der Waals surface area contributed by atoms with E-state index in [0.717, 1.165) is 5.69 Å². The number of benzene rings is 2. The first-order valence-electron chi connectivity index (χ1n) is 9.15. The summed E-state index contributed by atoms with van der Waals surface area (Å²) in [5.41, 5.74) is 1.68. The zero-order chi connectivity index (χ0) is 20.2. The molecule has 0 spiro atoms. The summed E-state index contributed by atoms with van der Waals surface area (Å²) in [5.74, 6) is 0.564. The van der Waals surface area contributed by atoms with E-state index in [2.05, 4.69) is 21.2 Å². The Morgan fingerprint density at radius 3 is 2.48 bits per heavy atom. The Hall–Kier alpha value is -3.83. The molecular weight excluding hydrogens is 370 g/mol. The average Bonchev–Trinajstić information content (AvgIpc) is 3.20. The number of morpholine rings is 1. The summed E-state index contributed by atoms with van der Waals surface area (Å²) in [6, 6.07) is 16.1. The van der Waals surface area contributed by atoms with Gasteiger partial charge >= 0.3 is 0 Å². The van der Waals surface area contributed by atoms with Crippen LogP contribution in [0.1, 0.15) is 11.4 Å². The number of hydrogen-bond acceptors (Lipinski definition) is 7. The molecule has 1 fully saturated rings. The molecule has 8 heteroatoms. The Morgan fingerprint density at radius 1 is 1.03 bits per heavy atom. The Balaban J connectivity index is 1.83. The van der Waals surface area contributed by atoms with E-state index in [1.165, 1.54) is 12.1 Å². The lowest BCUT2D eigenvalue weighted by molar-refractivity contribution is 0.122. The molecule has 0 radical (unpaired) electrons. The van der Waals surface area contributed by atoms with Crippen LogP contribution < -0.4 is 4.90 Å². The number of para-hydroxylation sites is 1. The van der Waals surface area contributed by atoms with Crippen molar-refractivity contribution in [1.29, 1.82) is 5.26 Å². The van der Waals surface area contributed by atoms with E-state index in [1.807, 2.05) is 34.9 Å². The van der Waals surface area contributed by atoms with Gasteiger partial charge in [0, 0.05) is 13.1 Å². The van der Waals surface area contributed by atoms with Gasteiger partial charge in [0.15, 0.2) is 17.3 Å². The molecular formula is C21H19N5O3. The van der Waals surface area contributed by atoms with E-state index in [4.69, 9.17) is 4.74 Å². The Kier molecular flexibility index (Phi) is 5.14. The molecule has 0 atom stereocenters. The molecule has 2 aromatic carbocycles. The van der Waals surface area contributed by atoms with Crippen LogP contribution in [0.2, 0.25) is 0 Å². The van der Waals surface area contributed by atoms with Crippen molar-refractivity contribution in [2.24, 2.45) is 0 Å². The van der Waals surface area contributed by atoms with Gasteiger partial charge in [-0.15, -0.1) is 10.2 Å². The molecule has 0 bridgehead atoms. The molecule has 2 heterocycles. The maximum absolute atomic E-state index is 9.81. The third-order valence-electron chi connectivity index (χ3n) is 4.63. The third-order valence-corrected chi connectivity index (χ3v) is 4.63. The maximum atomic E-state index is 9.81. The molecule has 1 aliphatic rings. The lowest BCUT2D eigenvalue weighted by atomic mass is 10.1. The number of nitrogens with zero attached hydrogens (tertiary/aromatic N) is 5. The molecule has 1 aromatic heterocycles. The van der Waals surface area contributed by atoms with E-state index in [0.29, 0.717) is 43.6 Å². The number of phenolic OH excluding ortho intramolecular Hbond substituents is 2.